The highest BCUT2D eigenvalue weighted by atomic mass is 32.2. The second-order valence-corrected chi connectivity index (χ2v) is 9.84. The highest BCUT2D eigenvalue weighted by Gasteiger charge is 2.28. The van der Waals surface area contributed by atoms with Crippen molar-refractivity contribution in [3.05, 3.63) is 65.5 Å². The fraction of sp³-hybridized carbons (Fsp3) is 0.417. The van der Waals surface area contributed by atoms with Gasteiger partial charge in [0.25, 0.3) is 0 Å². The van der Waals surface area contributed by atoms with Crippen LogP contribution in [0, 0.1) is 12.7 Å². The smallest absolute Gasteiger partial charge is 0.242 e. The number of para-hydroxylation sites is 1. The summed E-state index contributed by atoms with van der Waals surface area (Å²) < 4.78 is 39.7. The summed E-state index contributed by atoms with van der Waals surface area (Å²) in [4.78, 5) is 27.1. The number of nitrogens with zero attached hydrogens (tertiary/aromatic N) is 2. The van der Waals surface area contributed by atoms with Crippen molar-refractivity contribution in [3.63, 3.8) is 0 Å². The highest BCUT2D eigenvalue weighted by molar-refractivity contribution is 7.92. The molecule has 0 aliphatic carbocycles. The Hall–Kier alpha value is -2.94. The molecule has 9 heteroatoms. The zero-order valence-corrected chi connectivity index (χ0v) is 20.4. The van der Waals surface area contributed by atoms with E-state index in [9.17, 15) is 22.4 Å². The van der Waals surface area contributed by atoms with E-state index in [4.69, 9.17) is 0 Å². The predicted molar refractivity (Wildman–Crippen MR) is 128 cm³/mol. The molecule has 2 aromatic rings. The van der Waals surface area contributed by atoms with Crippen molar-refractivity contribution in [2.75, 3.05) is 24.2 Å². The molecule has 0 unspecified atom stereocenters. The molecule has 180 valence electrons. The summed E-state index contributed by atoms with van der Waals surface area (Å²) >= 11 is 0. The summed E-state index contributed by atoms with van der Waals surface area (Å²) in [7, 11) is -2.22. The molecule has 0 heterocycles. The number of nitrogens with one attached hydrogen (secondary N) is 1. The van der Waals surface area contributed by atoms with Crippen molar-refractivity contribution in [3.8, 4) is 0 Å². The van der Waals surface area contributed by atoms with Crippen LogP contribution < -0.4 is 9.62 Å². The van der Waals surface area contributed by atoms with Gasteiger partial charge in [0.1, 0.15) is 11.9 Å². The maximum Gasteiger partial charge on any atom is 0.242 e. The van der Waals surface area contributed by atoms with Gasteiger partial charge >= 0.3 is 0 Å². The number of hydrogen-bond acceptors (Lipinski definition) is 4. The summed E-state index contributed by atoms with van der Waals surface area (Å²) in [6.45, 7) is 4.00. The Morgan fingerprint density at radius 2 is 1.73 bits per heavy atom. The van der Waals surface area contributed by atoms with Crippen LogP contribution in [-0.4, -0.2) is 51.0 Å². The largest absolute Gasteiger partial charge is 0.357 e. The molecule has 0 aliphatic rings. The summed E-state index contributed by atoms with van der Waals surface area (Å²) in [6, 6.07) is 12.7. The van der Waals surface area contributed by atoms with E-state index < -0.39 is 21.9 Å². The van der Waals surface area contributed by atoms with Crippen molar-refractivity contribution in [2.24, 2.45) is 0 Å². The maximum absolute atomic E-state index is 14.2. The number of likely N-dealkylation sites (N-methyl/N-ethyl adjacent to an activating group) is 1. The average Bonchev–Trinajstić information content (AvgIpc) is 2.77. The van der Waals surface area contributed by atoms with Crippen LogP contribution in [0.4, 0.5) is 10.1 Å². The highest BCUT2D eigenvalue weighted by Crippen LogP contribution is 2.22. The zero-order chi connectivity index (χ0) is 24.6. The lowest BCUT2D eigenvalue weighted by molar-refractivity contribution is -0.141. The van der Waals surface area contributed by atoms with Crippen molar-refractivity contribution in [1.29, 1.82) is 0 Å². The van der Waals surface area contributed by atoms with Crippen molar-refractivity contribution in [2.45, 2.75) is 45.7 Å². The first-order chi connectivity index (χ1) is 15.6. The number of carbonyl (C=O) groups excluding carboxylic acids is 2. The lowest BCUT2D eigenvalue weighted by Gasteiger charge is -2.31. The van der Waals surface area contributed by atoms with Gasteiger partial charge in [-0.15, -0.1) is 0 Å². The van der Waals surface area contributed by atoms with Gasteiger partial charge in [0, 0.05) is 26.6 Å². The molecule has 33 heavy (non-hydrogen) atoms. The third kappa shape index (κ3) is 7.28. The second kappa shape index (κ2) is 11.8. The molecule has 0 aliphatic heterocycles. The summed E-state index contributed by atoms with van der Waals surface area (Å²) in [5.74, 6) is -1.18. The summed E-state index contributed by atoms with van der Waals surface area (Å²) in [6.07, 6.45) is 1.63. The van der Waals surface area contributed by atoms with Gasteiger partial charge in [-0.1, -0.05) is 48.9 Å². The quantitative estimate of drug-likeness (QED) is 0.538. The molecule has 0 bridgehead atoms. The lowest BCUT2D eigenvalue weighted by atomic mass is 10.1. The first-order valence-electron chi connectivity index (χ1n) is 10.9. The fourth-order valence-corrected chi connectivity index (χ4v) is 4.58. The topological polar surface area (TPSA) is 86.8 Å². The van der Waals surface area contributed by atoms with Gasteiger partial charge in [-0.05, 0) is 37.5 Å². The summed E-state index contributed by atoms with van der Waals surface area (Å²) in [5, 5.41) is 2.61. The molecule has 0 saturated heterocycles. The van der Waals surface area contributed by atoms with Crippen LogP contribution >= 0.6 is 0 Å². The van der Waals surface area contributed by atoms with Gasteiger partial charge < -0.3 is 10.2 Å². The molecule has 2 rings (SSSR count). The first kappa shape index (κ1) is 26.3. The third-order valence-corrected chi connectivity index (χ3v) is 6.56. The Kier molecular flexibility index (Phi) is 9.40. The first-order valence-corrected chi connectivity index (χ1v) is 12.7. The van der Waals surface area contributed by atoms with Crippen LogP contribution in [0.15, 0.2) is 48.5 Å². The van der Waals surface area contributed by atoms with Crippen LogP contribution in [-0.2, 0) is 26.2 Å². The van der Waals surface area contributed by atoms with Gasteiger partial charge in [0.2, 0.25) is 21.8 Å². The number of anilines is 1. The number of amides is 2. The number of carbonyl (C=O) groups is 2. The van der Waals surface area contributed by atoms with Crippen LogP contribution in [0.5, 0.6) is 0 Å². The Labute approximate surface area is 195 Å². The zero-order valence-electron chi connectivity index (χ0n) is 19.5. The molecule has 2 aromatic carbocycles. The average molecular weight is 478 g/mol. The van der Waals surface area contributed by atoms with E-state index >= 15 is 0 Å². The third-order valence-electron chi connectivity index (χ3n) is 5.38. The van der Waals surface area contributed by atoms with E-state index in [0.717, 1.165) is 21.7 Å². The number of benzene rings is 2. The number of hydrogen-bond donors (Lipinski definition) is 1. The molecular formula is C24H32FN3O4S. The number of rotatable bonds is 11. The molecular weight excluding hydrogens is 445 g/mol. The molecule has 7 nitrogen and oxygen atoms in total. The molecule has 0 spiro atoms. The van der Waals surface area contributed by atoms with E-state index in [1.54, 1.807) is 6.07 Å². The molecule has 0 saturated carbocycles. The van der Waals surface area contributed by atoms with Gasteiger partial charge in [0.15, 0.2) is 0 Å². The molecule has 0 aromatic heterocycles. The number of sulfonamides is 1. The maximum atomic E-state index is 14.2. The van der Waals surface area contributed by atoms with Crippen molar-refractivity contribution >= 4 is 27.5 Å². The number of aryl methyl sites for hydroxylation is 1. The molecule has 1 atom stereocenters. The minimum Gasteiger partial charge on any atom is -0.357 e. The van der Waals surface area contributed by atoms with E-state index in [1.807, 2.05) is 38.1 Å². The van der Waals surface area contributed by atoms with Crippen molar-refractivity contribution in [1.82, 2.24) is 10.2 Å². The normalized spacial score (nSPS) is 12.2. The van der Waals surface area contributed by atoms with Crippen LogP contribution in [0.1, 0.15) is 37.3 Å². The predicted octanol–water partition coefficient (Wildman–Crippen LogP) is 3.23. The monoisotopic (exact) mass is 477 g/mol. The van der Waals surface area contributed by atoms with Gasteiger partial charge in [-0.2, -0.15) is 0 Å². The van der Waals surface area contributed by atoms with E-state index in [2.05, 4.69) is 5.32 Å². The lowest BCUT2D eigenvalue weighted by Crippen LogP contribution is -2.48. The minimum absolute atomic E-state index is 0.0137. The van der Waals surface area contributed by atoms with E-state index in [-0.39, 0.29) is 43.4 Å². The molecule has 1 N–H and O–H groups in total. The van der Waals surface area contributed by atoms with Crippen LogP contribution in [0.2, 0.25) is 0 Å². The van der Waals surface area contributed by atoms with E-state index in [1.165, 1.54) is 30.1 Å². The van der Waals surface area contributed by atoms with Gasteiger partial charge in [0.05, 0.1) is 11.9 Å². The Morgan fingerprint density at radius 1 is 1.09 bits per heavy atom. The molecule has 0 fully saturated rings. The van der Waals surface area contributed by atoms with Gasteiger partial charge in [-0.25, -0.2) is 12.8 Å². The Morgan fingerprint density at radius 3 is 2.27 bits per heavy atom. The van der Waals surface area contributed by atoms with Crippen molar-refractivity contribution < 1.29 is 22.4 Å². The van der Waals surface area contributed by atoms with Crippen LogP contribution in [0.3, 0.4) is 0 Å². The van der Waals surface area contributed by atoms with Gasteiger partial charge in [-0.3, -0.25) is 13.9 Å². The Balaban J connectivity index is 2.19. The summed E-state index contributed by atoms with van der Waals surface area (Å²) in [5.41, 5.74) is 1.92. The van der Waals surface area contributed by atoms with Crippen LogP contribution in [0.25, 0.3) is 0 Å². The number of halogens is 1. The SMILES string of the molecule is CC[C@H](C(=O)NC)N(Cc1ccc(C)cc1)C(=O)CCCN(c1ccccc1F)S(C)(=O)=O. The van der Waals surface area contributed by atoms with E-state index in [0.29, 0.717) is 6.42 Å². The minimum atomic E-state index is -3.75. The Bertz CT molecular complexity index is 1060. The standard InChI is InChI=1S/C24H32FN3O4S/c1-5-21(24(30)26-3)27(17-19-14-12-18(2)13-15-19)23(29)11-8-16-28(33(4,31)32)22-10-7-6-9-20(22)25/h6-7,9-10,12-15,21H,5,8,11,16-17H2,1-4H3,(H,26,30)/t21-/m1/s1. The fourth-order valence-electron chi connectivity index (χ4n) is 3.61. The second-order valence-electron chi connectivity index (χ2n) is 7.94. The molecule has 0 radical (unpaired) electrons. The molecule has 2 amide bonds.